The van der Waals surface area contributed by atoms with Crippen LogP contribution in [0.3, 0.4) is 0 Å². The molecule has 2 aromatic heterocycles. The standard InChI is InChI=1S/C24H30N6O3S/c1-33-16-13-21-29-22-23(19-11-5-6-12-20(19)28-24(22)25)30(21)15-8-7-14-26-34(31,32)27-17-18-9-3-2-4-10-18/h2-6,9-12,26-27H,7-8,13-17H2,1H3,(H2,25,28). The van der Waals surface area contributed by atoms with Crippen molar-refractivity contribution in [1.29, 1.82) is 0 Å². The lowest BCUT2D eigenvalue weighted by molar-refractivity contribution is 0.199. The lowest BCUT2D eigenvalue weighted by Crippen LogP contribution is -2.36. The zero-order valence-electron chi connectivity index (χ0n) is 19.2. The molecule has 0 unspecified atom stereocenters. The number of benzene rings is 2. The highest BCUT2D eigenvalue weighted by Gasteiger charge is 2.17. The van der Waals surface area contributed by atoms with Crippen molar-refractivity contribution in [3.05, 3.63) is 66.0 Å². The third-order valence-corrected chi connectivity index (χ3v) is 6.74. The molecule has 0 fully saturated rings. The van der Waals surface area contributed by atoms with Crippen LogP contribution in [-0.2, 0) is 34.5 Å². The molecule has 0 atom stereocenters. The normalized spacial score (nSPS) is 12.0. The number of hydrogen-bond donors (Lipinski definition) is 3. The van der Waals surface area contributed by atoms with E-state index < -0.39 is 10.2 Å². The van der Waals surface area contributed by atoms with Crippen molar-refractivity contribution >= 4 is 38.0 Å². The number of hydrogen-bond acceptors (Lipinski definition) is 6. The van der Waals surface area contributed by atoms with Gasteiger partial charge in [-0.1, -0.05) is 48.5 Å². The molecule has 180 valence electrons. The maximum Gasteiger partial charge on any atom is 0.277 e. The van der Waals surface area contributed by atoms with Crippen LogP contribution in [-0.4, -0.2) is 43.2 Å². The van der Waals surface area contributed by atoms with Gasteiger partial charge in [-0.3, -0.25) is 0 Å². The molecule has 2 heterocycles. The Hall–Kier alpha value is -3.05. The van der Waals surface area contributed by atoms with Gasteiger partial charge in [0.25, 0.3) is 10.2 Å². The number of nitrogens with two attached hydrogens (primary N) is 1. The minimum atomic E-state index is -3.56. The van der Waals surface area contributed by atoms with E-state index in [1.807, 2.05) is 54.6 Å². The van der Waals surface area contributed by atoms with Gasteiger partial charge in [0.15, 0.2) is 5.82 Å². The molecule has 0 amide bonds. The van der Waals surface area contributed by atoms with Gasteiger partial charge in [-0.15, -0.1) is 0 Å². The van der Waals surface area contributed by atoms with Crippen LogP contribution in [0.4, 0.5) is 5.82 Å². The van der Waals surface area contributed by atoms with E-state index in [4.69, 9.17) is 15.5 Å². The minimum absolute atomic E-state index is 0.253. The van der Waals surface area contributed by atoms with Crippen molar-refractivity contribution in [2.75, 3.05) is 26.0 Å². The van der Waals surface area contributed by atoms with E-state index in [0.717, 1.165) is 34.2 Å². The summed E-state index contributed by atoms with van der Waals surface area (Å²) in [7, 11) is -1.90. The highest BCUT2D eigenvalue weighted by atomic mass is 32.2. The molecule has 0 aliphatic rings. The van der Waals surface area contributed by atoms with E-state index >= 15 is 0 Å². The number of unbranched alkanes of at least 4 members (excludes halogenated alkanes) is 1. The fourth-order valence-electron chi connectivity index (χ4n) is 3.96. The van der Waals surface area contributed by atoms with Gasteiger partial charge >= 0.3 is 0 Å². The third-order valence-electron chi connectivity index (χ3n) is 5.63. The largest absolute Gasteiger partial charge is 0.384 e. The van der Waals surface area contributed by atoms with Gasteiger partial charge in [-0.25, -0.2) is 14.7 Å². The molecule has 0 saturated carbocycles. The second-order valence-corrected chi connectivity index (χ2v) is 9.63. The van der Waals surface area contributed by atoms with Crippen LogP contribution in [0.25, 0.3) is 21.9 Å². The van der Waals surface area contributed by atoms with Crippen molar-refractivity contribution < 1.29 is 13.2 Å². The minimum Gasteiger partial charge on any atom is -0.384 e. The zero-order chi connectivity index (χ0) is 24.0. The van der Waals surface area contributed by atoms with E-state index in [2.05, 4.69) is 19.0 Å². The molecular weight excluding hydrogens is 452 g/mol. The van der Waals surface area contributed by atoms with Crippen molar-refractivity contribution in [3.8, 4) is 0 Å². The van der Waals surface area contributed by atoms with Crippen LogP contribution in [0, 0.1) is 0 Å². The number of aryl methyl sites for hydroxylation is 1. The molecule has 34 heavy (non-hydrogen) atoms. The molecule has 4 aromatic rings. The maximum absolute atomic E-state index is 12.3. The average Bonchev–Trinajstić information content (AvgIpc) is 3.21. The summed E-state index contributed by atoms with van der Waals surface area (Å²) in [5, 5.41) is 0.994. The van der Waals surface area contributed by atoms with Crippen LogP contribution >= 0.6 is 0 Å². The van der Waals surface area contributed by atoms with E-state index in [1.54, 1.807) is 7.11 Å². The number of imidazole rings is 1. The number of para-hydroxylation sites is 1. The Morgan fingerprint density at radius 1 is 1.00 bits per heavy atom. The molecule has 0 radical (unpaired) electrons. The Morgan fingerprint density at radius 2 is 1.76 bits per heavy atom. The van der Waals surface area contributed by atoms with Crippen LogP contribution in [0.15, 0.2) is 54.6 Å². The van der Waals surface area contributed by atoms with Crippen LogP contribution in [0.1, 0.15) is 24.2 Å². The molecule has 10 heteroatoms. The van der Waals surface area contributed by atoms with E-state index in [1.165, 1.54) is 0 Å². The van der Waals surface area contributed by atoms with Crippen LogP contribution in [0.2, 0.25) is 0 Å². The van der Waals surface area contributed by atoms with Crippen LogP contribution in [0.5, 0.6) is 0 Å². The van der Waals surface area contributed by atoms with Crippen molar-refractivity contribution in [3.63, 3.8) is 0 Å². The summed E-state index contributed by atoms with van der Waals surface area (Å²) in [4.78, 5) is 9.27. The van der Waals surface area contributed by atoms with Crippen LogP contribution < -0.4 is 15.2 Å². The summed E-state index contributed by atoms with van der Waals surface area (Å²) in [5.74, 6) is 1.29. The lowest BCUT2D eigenvalue weighted by Gasteiger charge is -2.12. The molecule has 0 saturated heterocycles. The Bertz CT molecular complexity index is 1360. The third kappa shape index (κ3) is 5.71. The predicted molar refractivity (Wildman–Crippen MR) is 134 cm³/mol. The number of anilines is 1. The fraction of sp³-hybridized carbons (Fsp3) is 0.333. The van der Waals surface area contributed by atoms with Gasteiger partial charge in [0.05, 0.1) is 17.6 Å². The maximum atomic E-state index is 12.3. The Balaban J connectivity index is 1.42. The molecule has 2 aromatic carbocycles. The first-order valence-electron chi connectivity index (χ1n) is 11.3. The number of rotatable bonds is 12. The number of fused-ring (bicyclic) bond motifs is 3. The summed E-state index contributed by atoms with van der Waals surface area (Å²) >= 11 is 0. The van der Waals surface area contributed by atoms with E-state index in [0.29, 0.717) is 43.9 Å². The quantitative estimate of drug-likeness (QED) is 0.267. The second kappa shape index (κ2) is 10.9. The Kier molecular flexibility index (Phi) is 7.73. The van der Waals surface area contributed by atoms with Gasteiger partial charge < -0.3 is 15.0 Å². The molecular formula is C24H30N6O3S. The van der Waals surface area contributed by atoms with Gasteiger partial charge in [0, 0.05) is 38.6 Å². The van der Waals surface area contributed by atoms with Gasteiger partial charge in [0.1, 0.15) is 11.3 Å². The number of nitrogen functional groups attached to an aromatic ring is 1. The zero-order valence-corrected chi connectivity index (χ0v) is 20.0. The number of pyridine rings is 1. The molecule has 0 spiro atoms. The van der Waals surface area contributed by atoms with Gasteiger partial charge in [-0.05, 0) is 24.5 Å². The second-order valence-electron chi connectivity index (χ2n) is 8.05. The molecule has 4 rings (SSSR count). The first-order valence-corrected chi connectivity index (χ1v) is 12.8. The monoisotopic (exact) mass is 482 g/mol. The highest BCUT2D eigenvalue weighted by molar-refractivity contribution is 7.87. The molecule has 0 aliphatic carbocycles. The number of aromatic nitrogens is 3. The smallest absolute Gasteiger partial charge is 0.277 e. The topological polar surface area (TPSA) is 124 Å². The number of nitrogens with one attached hydrogen (secondary N) is 2. The average molecular weight is 483 g/mol. The van der Waals surface area contributed by atoms with Crippen molar-refractivity contribution in [1.82, 2.24) is 24.0 Å². The van der Waals surface area contributed by atoms with Gasteiger partial charge in [0.2, 0.25) is 0 Å². The summed E-state index contributed by atoms with van der Waals surface area (Å²) in [6.45, 7) is 1.82. The molecule has 0 aliphatic heterocycles. The fourth-order valence-corrected chi connectivity index (χ4v) is 4.83. The predicted octanol–water partition coefficient (Wildman–Crippen LogP) is 2.76. The lowest BCUT2D eigenvalue weighted by atomic mass is 10.2. The SMILES string of the molecule is COCCc1nc2c(N)nc3ccccc3c2n1CCCCNS(=O)(=O)NCc1ccccc1. The summed E-state index contributed by atoms with van der Waals surface area (Å²) in [6.07, 6.45) is 2.09. The van der Waals surface area contributed by atoms with Crippen molar-refractivity contribution in [2.24, 2.45) is 0 Å². The number of ether oxygens (including phenoxy) is 1. The number of methoxy groups -OCH3 is 1. The molecule has 4 N–H and O–H groups in total. The Labute approximate surface area is 199 Å². The van der Waals surface area contributed by atoms with E-state index in [-0.39, 0.29) is 6.54 Å². The first kappa shape index (κ1) is 24.1. The summed E-state index contributed by atoms with van der Waals surface area (Å²) in [6, 6.07) is 17.3. The van der Waals surface area contributed by atoms with Gasteiger partial charge in [-0.2, -0.15) is 13.1 Å². The highest BCUT2D eigenvalue weighted by Crippen LogP contribution is 2.29. The number of nitrogens with zero attached hydrogens (tertiary/aromatic N) is 3. The summed E-state index contributed by atoms with van der Waals surface area (Å²) < 4.78 is 37.1. The molecule has 0 bridgehead atoms. The molecule has 9 nitrogen and oxygen atoms in total. The van der Waals surface area contributed by atoms with Crippen molar-refractivity contribution in [2.45, 2.75) is 32.4 Å². The summed E-state index contributed by atoms with van der Waals surface area (Å²) in [5.41, 5.74) is 9.60. The first-order chi connectivity index (χ1) is 16.5. The van der Waals surface area contributed by atoms with E-state index in [9.17, 15) is 8.42 Å². The Morgan fingerprint density at radius 3 is 2.56 bits per heavy atom.